The summed E-state index contributed by atoms with van der Waals surface area (Å²) in [6.45, 7) is 8.58. The van der Waals surface area contributed by atoms with E-state index in [0.29, 0.717) is 6.04 Å². The van der Waals surface area contributed by atoms with Crippen molar-refractivity contribution in [3.63, 3.8) is 0 Å². The maximum atomic E-state index is 5.38. The predicted octanol–water partition coefficient (Wildman–Crippen LogP) is 0.655. The van der Waals surface area contributed by atoms with E-state index in [4.69, 9.17) is 5.73 Å². The summed E-state index contributed by atoms with van der Waals surface area (Å²) in [6.07, 6.45) is 2.30. The quantitative estimate of drug-likeness (QED) is 0.548. The average Bonchev–Trinajstić information content (AvgIpc) is 2.10. The first-order valence-electron chi connectivity index (χ1n) is 5.29. The first kappa shape index (κ1) is 12.9. The van der Waals surface area contributed by atoms with Gasteiger partial charge in [-0.2, -0.15) is 0 Å². The van der Waals surface area contributed by atoms with E-state index in [2.05, 4.69) is 31.1 Å². The highest BCUT2D eigenvalue weighted by atomic mass is 15.1. The van der Waals surface area contributed by atoms with Gasteiger partial charge in [0, 0.05) is 6.04 Å². The lowest BCUT2D eigenvalue weighted by Gasteiger charge is -2.20. The van der Waals surface area contributed by atoms with Gasteiger partial charge in [0.05, 0.1) is 0 Å². The average molecular weight is 187 g/mol. The van der Waals surface area contributed by atoms with Crippen LogP contribution in [0.2, 0.25) is 0 Å². The summed E-state index contributed by atoms with van der Waals surface area (Å²) in [6, 6.07) is 0.657. The fourth-order valence-corrected chi connectivity index (χ4v) is 1.06. The zero-order valence-corrected chi connectivity index (χ0v) is 9.34. The second-order valence-corrected chi connectivity index (χ2v) is 3.82. The van der Waals surface area contributed by atoms with Crippen molar-refractivity contribution in [3.05, 3.63) is 0 Å². The molecule has 0 saturated heterocycles. The molecule has 0 rings (SSSR count). The monoisotopic (exact) mass is 187 g/mol. The van der Waals surface area contributed by atoms with Gasteiger partial charge in [-0.1, -0.05) is 0 Å². The van der Waals surface area contributed by atoms with Gasteiger partial charge in [-0.05, 0) is 59.9 Å². The SMILES string of the molecule is CC(C)N(C)CCCNCCCN. The number of nitrogens with one attached hydrogen (secondary N) is 1. The zero-order chi connectivity index (χ0) is 10.1. The van der Waals surface area contributed by atoms with Gasteiger partial charge < -0.3 is 16.0 Å². The van der Waals surface area contributed by atoms with Crippen LogP contribution in [0.5, 0.6) is 0 Å². The second kappa shape index (κ2) is 8.48. The summed E-state index contributed by atoms with van der Waals surface area (Å²) in [5.74, 6) is 0. The highest BCUT2D eigenvalue weighted by Crippen LogP contribution is 1.93. The molecule has 0 radical (unpaired) electrons. The minimum Gasteiger partial charge on any atom is -0.330 e. The predicted molar refractivity (Wildman–Crippen MR) is 58.9 cm³/mol. The van der Waals surface area contributed by atoms with Crippen molar-refractivity contribution in [1.82, 2.24) is 10.2 Å². The van der Waals surface area contributed by atoms with E-state index in [1.165, 1.54) is 13.0 Å². The Kier molecular flexibility index (Phi) is 8.40. The third kappa shape index (κ3) is 8.22. The minimum atomic E-state index is 0.657. The molecule has 0 aromatic rings. The molecule has 0 fully saturated rings. The Morgan fingerprint density at radius 2 is 1.85 bits per heavy atom. The van der Waals surface area contributed by atoms with Crippen LogP contribution in [0.25, 0.3) is 0 Å². The van der Waals surface area contributed by atoms with Gasteiger partial charge in [-0.25, -0.2) is 0 Å². The van der Waals surface area contributed by atoms with Crippen LogP contribution in [0.4, 0.5) is 0 Å². The van der Waals surface area contributed by atoms with Crippen molar-refractivity contribution in [2.24, 2.45) is 5.73 Å². The lowest BCUT2D eigenvalue weighted by Crippen LogP contribution is -2.30. The van der Waals surface area contributed by atoms with E-state index >= 15 is 0 Å². The Morgan fingerprint density at radius 3 is 2.38 bits per heavy atom. The molecule has 0 amide bonds. The first-order valence-corrected chi connectivity index (χ1v) is 5.29. The zero-order valence-electron chi connectivity index (χ0n) is 9.34. The molecule has 13 heavy (non-hydrogen) atoms. The van der Waals surface area contributed by atoms with E-state index in [9.17, 15) is 0 Å². The van der Waals surface area contributed by atoms with Crippen molar-refractivity contribution in [1.29, 1.82) is 0 Å². The molecular formula is C10H25N3. The van der Waals surface area contributed by atoms with E-state index < -0.39 is 0 Å². The normalized spacial score (nSPS) is 11.5. The molecule has 0 aliphatic rings. The molecule has 0 aromatic carbocycles. The summed E-state index contributed by atoms with van der Waals surface area (Å²) in [4.78, 5) is 2.37. The number of hydrogen-bond donors (Lipinski definition) is 2. The Morgan fingerprint density at radius 1 is 1.23 bits per heavy atom. The lowest BCUT2D eigenvalue weighted by molar-refractivity contribution is 0.269. The first-order chi connectivity index (χ1) is 6.18. The van der Waals surface area contributed by atoms with Gasteiger partial charge in [0.2, 0.25) is 0 Å². The molecule has 80 valence electrons. The number of rotatable bonds is 8. The van der Waals surface area contributed by atoms with E-state index in [0.717, 1.165) is 26.1 Å². The second-order valence-electron chi connectivity index (χ2n) is 3.82. The smallest absolute Gasteiger partial charge is 0.00355 e. The third-order valence-electron chi connectivity index (χ3n) is 2.30. The van der Waals surface area contributed by atoms with Crippen LogP contribution in [0, 0.1) is 0 Å². The Bertz CT molecular complexity index is 104. The van der Waals surface area contributed by atoms with Gasteiger partial charge in [-0.3, -0.25) is 0 Å². The van der Waals surface area contributed by atoms with Crippen LogP contribution in [-0.4, -0.2) is 44.2 Å². The van der Waals surface area contributed by atoms with E-state index in [1.807, 2.05) is 0 Å². The summed E-state index contributed by atoms with van der Waals surface area (Å²) >= 11 is 0. The number of hydrogen-bond acceptors (Lipinski definition) is 3. The molecule has 0 heterocycles. The van der Waals surface area contributed by atoms with Gasteiger partial charge in [0.15, 0.2) is 0 Å². The number of nitrogens with two attached hydrogens (primary N) is 1. The molecule has 3 nitrogen and oxygen atoms in total. The van der Waals surface area contributed by atoms with Crippen LogP contribution in [0.1, 0.15) is 26.7 Å². The van der Waals surface area contributed by atoms with Crippen LogP contribution < -0.4 is 11.1 Å². The van der Waals surface area contributed by atoms with Crippen molar-refractivity contribution in [2.75, 3.05) is 33.2 Å². The Hall–Kier alpha value is -0.120. The molecule has 0 aliphatic carbocycles. The molecule has 0 spiro atoms. The van der Waals surface area contributed by atoms with Gasteiger partial charge >= 0.3 is 0 Å². The van der Waals surface area contributed by atoms with Crippen molar-refractivity contribution < 1.29 is 0 Å². The topological polar surface area (TPSA) is 41.3 Å². The molecule has 3 N–H and O–H groups in total. The standard InChI is InChI=1S/C10H25N3/c1-10(2)13(3)9-5-8-12-7-4-6-11/h10,12H,4-9,11H2,1-3H3. The molecule has 0 aliphatic heterocycles. The molecular weight excluding hydrogens is 162 g/mol. The summed E-state index contributed by atoms with van der Waals surface area (Å²) in [7, 11) is 2.17. The van der Waals surface area contributed by atoms with E-state index in [1.54, 1.807) is 0 Å². The maximum absolute atomic E-state index is 5.38. The van der Waals surface area contributed by atoms with Crippen LogP contribution in [0.3, 0.4) is 0 Å². The molecule has 0 bridgehead atoms. The number of nitrogens with zero attached hydrogens (tertiary/aromatic N) is 1. The highest BCUT2D eigenvalue weighted by Gasteiger charge is 2.00. The van der Waals surface area contributed by atoms with Crippen molar-refractivity contribution in [2.45, 2.75) is 32.7 Å². The summed E-state index contributed by atoms with van der Waals surface area (Å²) in [5, 5.41) is 3.37. The molecule has 3 heteroatoms. The van der Waals surface area contributed by atoms with Crippen LogP contribution in [-0.2, 0) is 0 Å². The highest BCUT2D eigenvalue weighted by molar-refractivity contribution is 4.58. The van der Waals surface area contributed by atoms with Gasteiger partial charge in [0.25, 0.3) is 0 Å². The Labute approximate surface area is 82.7 Å². The van der Waals surface area contributed by atoms with E-state index in [-0.39, 0.29) is 0 Å². The summed E-state index contributed by atoms with van der Waals surface area (Å²) in [5.41, 5.74) is 5.38. The Balaban J connectivity index is 3.07. The molecule has 0 aromatic heterocycles. The van der Waals surface area contributed by atoms with Crippen LogP contribution in [0.15, 0.2) is 0 Å². The molecule has 0 atom stereocenters. The van der Waals surface area contributed by atoms with Gasteiger partial charge in [-0.15, -0.1) is 0 Å². The van der Waals surface area contributed by atoms with Crippen molar-refractivity contribution in [3.8, 4) is 0 Å². The fraction of sp³-hybridized carbons (Fsp3) is 1.00. The lowest BCUT2D eigenvalue weighted by atomic mass is 10.3. The van der Waals surface area contributed by atoms with Gasteiger partial charge in [0.1, 0.15) is 0 Å². The largest absolute Gasteiger partial charge is 0.330 e. The summed E-state index contributed by atoms with van der Waals surface area (Å²) < 4.78 is 0. The molecule has 0 unspecified atom stereocenters. The van der Waals surface area contributed by atoms with Crippen molar-refractivity contribution >= 4 is 0 Å². The van der Waals surface area contributed by atoms with Crippen LogP contribution >= 0.6 is 0 Å². The minimum absolute atomic E-state index is 0.657. The third-order valence-corrected chi connectivity index (χ3v) is 2.30. The maximum Gasteiger partial charge on any atom is 0.00355 e. The fourth-order valence-electron chi connectivity index (χ4n) is 1.06. The molecule has 0 saturated carbocycles.